The van der Waals surface area contributed by atoms with E-state index in [0.717, 1.165) is 44.6 Å². The lowest BCUT2D eigenvalue weighted by Crippen LogP contribution is -2.70. The van der Waals surface area contributed by atoms with E-state index < -0.39 is 84.2 Å². The maximum Gasteiger partial charge on any atom is 0.422 e. The van der Waals surface area contributed by atoms with Gasteiger partial charge in [0.05, 0.1) is 13.2 Å². The summed E-state index contributed by atoms with van der Waals surface area (Å²) in [6.07, 6.45) is 2.09. The van der Waals surface area contributed by atoms with E-state index in [1.165, 1.54) is 16.0 Å². The van der Waals surface area contributed by atoms with Crippen molar-refractivity contribution in [2.45, 2.75) is 139 Å². The molecule has 2 bridgehead atoms. The molecule has 0 spiro atoms. The Labute approximate surface area is 318 Å². The molecule has 1 saturated carbocycles. The van der Waals surface area contributed by atoms with Crippen LogP contribution in [0.1, 0.15) is 95.6 Å². The summed E-state index contributed by atoms with van der Waals surface area (Å²) in [7, 11) is 0. The molecule has 4 saturated heterocycles. The molecule has 5 fully saturated rings. The number of nitrogens with one attached hydrogen (secondary N) is 1. The van der Waals surface area contributed by atoms with Crippen LogP contribution >= 0.6 is 0 Å². The van der Waals surface area contributed by atoms with E-state index >= 15 is 4.79 Å². The quantitative estimate of drug-likeness (QED) is 0.132. The van der Waals surface area contributed by atoms with Crippen molar-refractivity contribution in [3.63, 3.8) is 0 Å². The summed E-state index contributed by atoms with van der Waals surface area (Å²) in [4.78, 5) is 63.2. The molecule has 1 aliphatic carbocycles. The Kier molecular flexibility index (Phi) is 12.9. The first-order valence-corrected chi connectivity index (χ1v) is 19.5. The van der Waals surface area contributed by atoms with Gasteiger partial charge in [-0.3, -0.25) is 19.2 Å². The van der Waals surface area contributed by atoms with Crippen molar-refractivity contribution < 1.29 is 61.2 Å². The van der Waals surface area contributed by atoms with Crippen LogP contribution in [0.25, 0.3) is 6.08 Å². The Morgan fingerprint density at radius 3 is 2.45 bits per heavy atom. The molecule has 0 radical (unpaired) electrons. The number of amides is 2. The van der Waals surface area contributed by atoms with Crippen LogP contribution in [0.5, 0.6) is 0 Å². The number of rotatable bonds is 17. The second kappa shape index (κ2) is 17.3. The maximum atomic E-state index is 15.2. The third-order valence-corrected chi connectivity index (χ3v) is 11.4. The number of aliphatic hydroxyl groups is 1. The van der Waals surface area contributed by atoms with Gasteiger partial charge in [0.2, 0.25) is 11.8 Å². The van der Waals surface area contributed by atoms with Crippen LogP contribution in [0, 0.1) is 5.41 Å². The first-order chi connectivity index (χ1) is 26.4. The van der Waals surface area contributed by atoms with Gasteiger partial charge in [0.1, 0.15) is 35.9 Å². The predicted octanol–water partition coefficient (Wildman–Crippen LogP) is 4.35. The molecule has 0 aromatic heterocycles. The Morgan fingerprint density at radius 2 is 1.76 bits per heavy atom. The lowest BCUT2D eigenvalue weighted by molar-refractivity contribution is -0.225. The molecule has 7 atom stereocenters. The number of hydrogen-bond donors (Lipinski definition) is 2. The van der Waals surface area contributed by atoms with E-state index in [9.17, 15) is 32.7 Å². The second-order valence-corrected chi connectivity index (χ2v) is 15.1. The third kappa shape index (κ3) is 8.58. The van der Waals surface area contributed by atoms with Gasteiger partial charge in [0.15, 0.2) is 18.4 Å². The molecule has 2 N–H and O–H groups in total. The zero-order chi connectivity index (χ0) is 39.4. The second-order valence-electron chi connectivity index (χ2n) is 15.1. The predicted molar refractivity (Wildman–Crippen MR) is 189 cm³/mol. The van der Waals surface area contributed by atoms with Crippen LogP contribution in [-0.4, -0.2) is 114 Å². The summed E-state index contributed by atoms with van der Waals surface area (Å²) in [5, 5.41) is 13.4. The minimum absolute atomic E-state index is 0.0278. The molecule has 1 aromatic carbocycles. The highest BCUT2D eigenvalue weighted by atomic mass is 19.4. The molecule has 16 heteroatoms. The van der Waals surface area contributed by atoms with Gasteiger partial charge in [-0.1, -0.05) is 63.8 Å². The van der Waals surface area contributed by atoms with Gasteiger partial charge in [-0.05, 0) is 42.9 Å². The Balaban J connectivity index is 1.36. The zero-order valence-electron chi connectivity index (χ0n) is 31.4. The summed E-state index contributed by atoms with van der Waals surface area (Å²) in [5.74, 6) is -3.67. The normalized spacial score (nSPS) is 29.7. The number of carbonyl (C=O) groups excluding carboxylic acids is 4. The molecule has 6 rings (SSSR count). The van der Waals surface area contributed by atoms with Crippen molar-refractivity contribution in [1.29, 1.82) is 0 Å². The van der Waals surface area contributed by atoms with Crippen LogP contribution < -0.4 is 5.32 Å². The fraction of sp³-hybridized carbons (Fsp3) is 0.692. The Hall–Kier alpha value is -3.57. The first-order valence-electron chi connectivity index (χ1n) is 19.5. The highest BCUT2D eigenvalue weighted by Crippen LogP contribution is 2.59. The van der Waals surface area contributed by atoms with Crippen molar-refractivity contribution >= 4 is 29.8 Å². The molecule has 55 heavy (non-hydrogen) atoms. The number of alkyl halides is 3. The molecule has 4 aliphatic heterocycles. The number of unbranched alkanes of at least 4 members (excludes halogenated alkanes) is 4. The van der Waals surface area contributed by atoms with Crippen LogP contribution in [0.4, 0.5) is 13.2 Å². The molecular weight excluding hydrogens is 727 g/mol. The fourth-order valence-electron chi connectivity index (χ4n) is 8.89. The molecule has 4 heterocycles. The number of likely N-dealkylation sites (tertiary alicyclic amines) is 1. The average molecular weight is 780 g/mol. The number of esters is 2. The summed E-state index contributed by atoms with van der Waals surface area (Å²) in [6.45, 7) is 2.46. The molecule has 2 unspecified atom stereocenters. The number of hydroxylamine groups is 2. The number of halogens is 3. The summed E-state index contributed by atoms with van der Waals surface area (Å²) >= 11 is 0. The van der Waals surface area contributed by atoms with Gasteiger partial charge in [-0.25, -0.2) is 4.79 Å². The van der Waals surface area contributed by atoms with Crippen LogP contribution in [0.15, 0.2) is 30.3 Å². The number of fused-ring (bicyclic) bond motifs is 4. The maximum absolute atomic E-state index is 15.2. The van der Waals surface area contributed by atoms with Crippen molar-refractivity contribution in [3.05, 3.63) is 41.5 Å². The van der Waals surface area contributed by atoms with E-state index in [-0.39, 0.29) is 32.7 Å². The highest BCUT2D eigenvalue weighted by Gasteiger charge is 2.77. The minimum atomic E-state index is -4.68. The molecule has 1 aromatic rings. The van der Waals surface area contributed by atoms with Gasteiger partial charge >= 0.3 is 18.1 Å². The van der Waals surface area contributed by atoms with E-state index in [2.05, 4.69) is 23.9 Å². The standard InChI is InChI=1S/C39H52F3N3O10/c1-3-5-9-17-37(18-10-6-4-2)53-30-28-22-38(36(50)44-20-11-14-27(44)34(48)43-19-21-46)32(35(49)52-28)45(55-33(38)31(30)54-37)23-26-13-8-7-12-25(26)15-16-29(47)51-24-39(40,41)42/h7-8,12-13,15-16,27-28,30-33,46H,3-6,9-11,14,17-24H2,1-2H3,(H,43,48)/t27-,28?,30+,31+,32+,33-,38?/m1/s1. The third-order valence-electron chi connectivity index (χ3n) is 11.4. The molecule has 2 amide bonds. The summed E-state index contributed by atoms with van der Waals surface area (Å²) in [5.41, 5.74) is -0.550. The number of nitrogens with zero attached hydrogens (tertiary/aromatic N) is 2. The van der Waals surface area contributed by atoms with Gasteiger partial charge in [0.25, 0.3) is 0 Å². The largest absolute Gasteiger partial charge is 0.458 e. The van der Waals surface area contributed by atoms with Crippen molar-refractivity contribution in [2.75, 3.05) is 26.3 Å². The monoisotopic (exact) mass is 779 g/mol. The SMILES string of the molecule is CCCCCC1(CCCCC)O[C@@H]2[C@H]3ON(Cc4ccccc4C=CC(=O)OCC(F)(F)F)[C@H]4C(=O)OC(CC34C(=O)N3CCC[C@@H]3C(=O)NCCO)[C@@H]2O1. The highest BCUT2D eigenvalue weighted by molar-refractivity contribution is 5.96. The van der Waals surface area contributed by atoms with Gasteiger partial charge in [0, 0.05) is 38.4 Å². The van der Waals surface area contributed by atoms with E-state index in [0.29, 0.717) is 36.8 Å². The number of benzene rings is 1. The van der Waals surface area contributed by atoms with Crippen molar-refractivity contribution in [3.8, 4) is 0 Å². The van der Waals surface area contributed by atoms with Gasteiger partial charge in [-0.2, -0.15) is 18.2 Å². The smallest absolute Gasteiger partial charge is 0.422 e. The zero-order valence-corrected chi connectivity index (χ0v) is 31.4. The minimum Gasteiger partial charge on any atom is -0.458 e. The summed E-state index contributed by atoms with van der Waals surface area (Å²) < 4.78 is 62.1. The van der Waals surface area contributed by atoms with Crippen LogP contribution in [0.3, 0.4) is 0 Å². The van der Waals surface area contributed by atoms with Crippen molar-refractivity contribution in [2.24, 2.45) is 5.41 Å². The van der Waals surface area contributed by atoms with E-state index in [4.69, 9.17) is 19.0 Å². The van der Waals surface area contributed by atoms with E-state index in [1.807, 2.05) is 0 Å². The van der Waals surface area contributed by atoms with Gasteiger partial charge < -0.3 is 34.3 Å². The first kappa shape index (κ1) is 41.1. The number of aliphatic hydroxyl groups excluding tert-OH is 1. The molecular formula is C39H52F3N3O10. The number of hydrogen-bond acceptors (Lipinski definition) is 11. The molecule has 13 nitrogen and oxygen atoms in total. The van der Waals surface area contributed by atoms with Gasteiger partial charge in [-0.15, -0.1) is 0 Å². The van der Waals surface area contributed by atoms with Crippen LogP contribution in [-0.2, 0) is 49.5 Å². The molecule has 5 aliphatic rings. The number of ether oxygens (including phenoxy) is 4. The topological polar surface area (TPSA) is 153 Å². The van der Waals surface area contributed by atoms with E-state index in [1.54, 1.807) is 24.3 Å². The lowest BCUT2D eigenvalue weighted by atomic mass is 9.62. The average Bonchev–Trinajstić information content (AvgIpc) is 3.88. The molecule has 304 valence electrons. The lowest BCUT2D eigenvalue weighted by Gasteiger charge is -2.50. The Bertz CT molecular complexity index is 1580. The van der Waals surface area contributed by atoms with Crippen LogP contribution in [0.2, 0.25) is 0 Å². The Morgan fingerprint density at radius 1 is 1.05 bits per heavy atom. The summed E-state index contributed by atoms with van der Waals surface area (Å²) in [6, 6.07) is 4.69. The van der Waals surface area contributed by atoms with Crippen molar-refractivity contribution in [1.82, 2.24) is 15.3 Å². The fourth-order valence-corrected chi connectivity index (χ4v) is 8.89. The number of carbonyl (C=O) groups is 4.